The van der Waals surface area contributed by atoms with Gasteiger partial charge in [0.05, 0.1) is 24.5 Å². The highest BCUT2D eigenvalue weighted by atomic mass is 16.5. The summed E-state index contributed by atoms with van der Waals surface area (Å²) < 4.78 is 7.48. The summed E-state index contributed by atoms with van der Waals surface area (Å²) in [5.41, 5.74) is 2.29. The molecule has 0 aliphatic rings. The first-order valence-corrected chi connectivity index (χ1v) is 7.64. The van der Waals surface area contributed by atoms with Crippen molar-refractivity contribution in [2.45, 2.75) is 39.8 Å². The van der Waals surface area contributed by atoms with Gasteiger partial charge in [0.15, 0.2) is 0 Å². The monoisotopic (exact) mass is 288 g/mol. The van der Waals surface area contributed by atoms with Crippen LogP contribution in [0.25, 0.3) is 0 Å². The Kier molecular flexibility index (Phi) is 5.75. The lowest BCUT2D eigenvalue weighted by Crippen LogP contribution is -2.25. The minimum Gasteiger partial charge on any atom is -0.494 e. The maximum absolute atomic E-state index is 5.50. The zero-order valence-corrected chi connectivity index (χ0v) is 13.0. The van der Waals surface area contributed by atoms with Crippen molar-refractivity contribution in [1.29, 1.82) is 0 Å². The highest BCUT2D eigenvalue weighted by Gasteiger charge is 2.18. The maximum atomic E-state index is 5.50. The SMILES string of the molecule is CCCn1nncc1C(NCC)c1ccc(OCC)cc1. The van der Waals surface area contributed by atoms with Gasteiger partial charge in [0.2, 0.25) is 0 Å². The van der Waals surface area contributed by atoms with E-state index in [-0.39, 0.29) is 6.04 Å². The Hall–Kier alpha value is -1.88. The number of rotatable bonds is 8. The summed E-state index contributed by atoms with van der Waals surface area (Å²) in [5, 5.41) is 11.8. The van der Waals surface area contributed by atoms with E-state index in [0.29, 0.717) is 6.61 Å². The molecule has 0 bridgehead atoms. The molecule has 1 heterocycles. The number of aromatic nitrogens is 3. The van der Waals surface area contributed by atoms with Crippen molar-refractivity contribution in [3.05, 3.63) is 41.7 Å². The molecule has 1 atom stereocenters. The Bertz CT molecular complexity index is 535. The van der Waals surface area contributed by atoms with E-state index < -0.39 is 0 Å². The summed E-state index contributed by atoms with van der Waals surface area (Å²) in [5.74, 6) is 0.900. The third kappa shape index (κ3) is 3.82. The van der Waals surface area contributed by atoms with E-state index in [4.69, 9.17) is 4.74 Å². The molecule has 5 nitrogen and oxygen atoms in total. The first-order valence-electron chi connectivity index (χ1n) is 7.64. The van der Waals surface area contributed by atoms with E-state index >= 15 is 0 Å². The number of hydrogen-bond donors (Lipinski definition) is 1. The predicted molar refractivity (Wildman–Crippen MR) is 83.4 cm³/mol. The first kappa shape index (κ1) is 15.5. The lowest BCUT2D eigenvalue weighted by Gasteiger charge is -2.19. The van der Waals surface area contributed by atoms with Gasteiger partial charge in [-0.05, 0) is 37.6 Å². The zero-order chi connectivity index (χ0) is 15.1. The lowest BCUT2D eigenvalue weighted by molar-refractivity contribution is 0.340. The van der Waals surface area contributed by atoms with Crippen LogP contribution in [0.5, 0.6) is 5.75 Å². The van der Waals surface area contributed by atoms with Gasteiger partial charge >= 0.3 is 0 Å². The molecule has 1 unspecified atom stereocenters. The molecular weight excluding hydrogens is 264 g/mol. The molecule has 0 aliphatic heterocycles. The van der Waals surface area contributed by atoms with Gasteiger partial charge in [-0.25, -0.2) is 4.68 Å². The number of ether oxygens (including phenoxy) is 1. The van der Waals surface area contributed by atoms with Gasteiger partial charge in [-0.1, -0.05) is 31.2 Å². The summed E-state index contributed by atoms with van der Waals surface area (Å²) >= 11 is 0. The summed E-state index contributed by atoms with van der Waals surface area (Å²) in [6.45, 7) is 8.69. The van der Waals surface area contributed by atoms with E-state index in [9.17, 15) is 0 Å². The molecule has 2 rings (SSSR count). The second kappa shape index (κ2) is 7.78. The fraction of sp³-hybridized carbons (Fsp3) is 0.500. The van der Waals surface area contributed by atoms with Crippen LogP contribution in [0.2, 0.25) is 0 Å². The van der Waals surface area contributed by atoms with Gasteiger partial charge in [0.1, 0.15) is 5.75 Å². The van der Waals surface area contributed by atoms with Crippen LogP contribution < -0.4 is 10.1 Å². The lowest BCUT2D eigenvalue weighted by atomic mass is 10.0. The van der Waals surface area contributed by atoms with Crippen LogP contribution in [0.1, 0.15) is 44.5 Å². The van der Waals surface area contributed by atoms with E-state index in [0.717, 1.165) is 31.0 Å². The van der Waals surface area contributed by atoms with Crippen molar-refractivity contribution in [2.24, 2.45) is 0 Å². The Balaban J connectivity index is 2.27. The van der Waals surface area contributed by atoms with Crippen molar-refractivity contribution < 1.29 is 4.74 Å². The summed E-state index contributed by atoms with van der Waals surface area (Å²) in [7, 11) is 0. The molecule has 2 aromatic rings. The third-order valence-corrected chi connectivity index (χ3v) is 3.31. The molecule has 114 valence electrons. The predicted octanol–water partition coefficient (Wildman–Crippen LogP) is 2.79. The molecule has 1 aromatic carbocycles. The Morgan fingerprint density at radius 3 is 2.57 bits per heavy atom. The highest BCUT2D eigenvalue weighted by Crippen LogP contribution is 2.23. The van der Waals surface area contributed by atoms with Gasteiger partial charge in [-0.15, -0.1) is 5.10 Å². The Labute approximate surface area is 126 Å². The molecular formula is C16H24N4O. The maximum Gasteiger partial charge on any atom is 0.119 e. The van der Waals surface area contributed by atoms with Crippen LogP contribution in [-0.4, -0.2) is 28.1 Å². The van der Waals surface area contributed by atoms with E-state index in [1.165, 1.54) is 5.56 Å². The van der Waals surface area contributed by atoms with Crippen molar-refractivity contribution in [1.82, 2.24) is 20.3 Å². The van der Waals surface area contributed by atoms with Crippen LogP contribution in [-0.2, 0) is 6.54 Å². The van der Waals surface area contributed by atoms with Gasteiger partial charge in [0, 0.05) is 6.54 Å². The van der Waals surface area contributed by atoms with Crippen molar-refractivity contribution in [3.8, 4) is 5.75 Å². The van der Waals surface area contributed by atoms with E-state index in [1.807, 2.05) is 29.9 Å². The molecule has 1 aromatic heterocycles. The van der Waals surface area contributed by atoms with Gasteiger partial charge in [-0.3, -0.25) is 0 Å². The smallest absolute Gasteiger partial charge is 0.119 e. The molecule has 21 heavy (non-hydrogen) atoms. The van der Waals surface area contributed by atoms with Gasteiger partial charge < -0.3 is 10.1 Å². The fourth-order valence-electron chi connectivity index (χ4n) is 2.40. The van der Waals surface area contributed by atoms with E-state index in [1.54, 1.807) is 0 Å². The molecule has 0 saturated carbocycles. The molecule has 5 heteroatoms. The molecule has 0 spiro atoms. The average molecular weight is 288 g/mol. The number of hydrogen-bond acceptors (Lipinski definition) is 4. The minimum absolute atomic E-state index is 0.104. The van der Waals surface area contributed by atoms with Crippen LogP contribution in [0.3, 0.4) is 0 Å². The van der Waals surface area contributed by atoms with Crippen molar-refractivity contribution in [3.63, 3.8) is 0 Å². The fourth-order valence-corrected chi connectivity index (χ4v) is 2.40. The standard InChI is InChI=1S/C16H24N4O/c1-4-11-20-15(12-18-19-20)16(17-5-2)13-7-9-14(10-8-13)21-6-3/h7-10,12,16-17H,4-6,11H2,1-3H3. The van der Waals surface area contributed by atoms with Crippen molar-refractivity contribution >= 4 is 0 Å². The normalized spacial score (nSPS) is 12.3. The number of aryl methyl sites for hydroxylation is 1. The molecule has 0 amide bonds. The van der Waals surface area contributed by atoms with E-state index in [2.05, 4.69) is 41.6 Å². The first-order chi connectivity index (χ1) is 10.3. The number of nitrogens with one attached hydrogen (secondary N) is 1. The Morgan fingerprint density at radius 2 is 1.95 bits per heavy atom. The largest absolute Gasteiger partial charge is 0.494 e. The summed E-state index contributed by atoms with van der Waals surface area (Å²) in [4.78, 5) is 0. The third-order valence-electron chi connectivity index (χ3n) is 3.31. The topological polar surface area (TPSA) is 52.0 Å². The second-order valence-corrected chi connectivity index (χ2v) is 4.87. The summed E-state index contributed by atoms with van der Waals surface area (Å²) in [6.07, 6.45) is 2.89. The van der Waals surface area contributed by atoms with Crippen LogP contribution in [0.4, 0.5) is 0 Å². The molecule has 0 radical (unpaired) electrons. The second-order valence-electron chi connectivity index (χ2n) is 4.87. The molecule has 1 N–H and O–H groups in total. The zero-order valence-electron chi connectivity index (χ0n) is 13.0. The van der Waals surface area contributed by atoms with Gasteiger partial charge in [-0.2, -0.15) is 0 Å². The van der Waals surface area contributed by atoms with Gasteiger partial charge in [0.25, 0.3) is 0 Å². The number of benzene rings is 1. The molecule has 0 fully saturated rings. The van der Waals surface area contributed by atoms with Crippen LogP contribution in [0, 0.1) is 0 Å². The average Bonchev–Trinajstić information content (AvgIpc) is 2.95. The molecule has 0 aliphatic carbocycles. The van der Waals surface area contributed by atoms with Crippen LogP contribution in [0.15, 0.2) is 30.5 Å². The minimum atomic E-state index is 0.104. The molecule has 0 saturated heterocycles. The quantitative estimate of drug-likeness (QED) is 0.811. The highest BCUT2D eigenvalue weighted by molar-refractivity contribution is 5.32. The summed E-state index contributed by atoms with van der Waals surface area (Å²) in [6, 6.07) is 8.32. The Morgan fingerprint density at radius 1 is 1.19 bits per heavy atom. The number of nitrogens with zero attached hydrogens (tertiary/aromatic N) is 3. The van der Waals surface area contributed by atoms with Crippen LogP contribution >= 0.6 is 0 Å². The van der Waals surface area contributed by atoms with Crippen molar-refractivity contribution in [2.75, 3.05) is 13.2 Å².